The van der Waals surface area contributed by atoms with E-state index in [1.54, 1.807) is 24.1 Å². The van der Waals surface area contributed by atoms with E-state index in [4.69, 9.17) is 9.16 Å². The summed E-state index contributed by atoms with van der Waals surface area (Å²) in [5, 5.41) is 15.7. The van der Waals surface area contributed by atoms with Crippen LogP contribution in [0.3, 0.4) is 0 Å². The van der Waals surface area contributed by atoms with Crippen LogP contribution in [0.4, 0.5) is 0 Å². The lowest BCUT2D eigenvalue weighted by Gasteiger charge is -2.45. The highest BCUT2D eigenvalue weighted by Gasteiger charge is 2.60. The van der Waals surface area contributed by atoms with Crippen molar-refractivity contribution in [2.45, 2.75) is 44.2 Å². The third-order valence-corrected chi connectivity index (χ3v) is 13.9. The molecule has 3 atom stereocenters. The van der Waals surface area contributed by atoms with E-state index in [-0.39, 0.29) is 17.3 Å². The lowest BCUT2D eigenvalue weighted by molar-refractivity contribution is -0.167. The predicted molar refractivity (Wildman–Crippen MR) is 158 cm³/mol. The van der Waals surface area contributed by atoms with Gasteiger partial charge in [-0.25, -0.2) is 4.79 Å². The summed E-state index contributed by atoms with van der Waals surface area (Å²) in [7, 11) is -1.22. The number of esters is 1. The number of carbonyl (C=O) groups is 3. The van der Waals surface area contributed by atoms with Crippen LogP contribution in [0.25, 0.3) is 0 Å². The number of ether oxygens (including phenoxy) is 1. The molecule has 1 fully saturated rings. The molecule has 214 valence electrons. The summed E-state index contributed by atoms with van der Waals surface area (Å²) < 4.78 is 14.2. The number of nitrogens with zero attached hydrogens (tertiary/aromatic N) is 3. The van der Waals surface area contributed by atoms with Crippen LogP contribution in [0.15, 0.2) is 83.7 Å². The van der Waals surface area contributed by atoms with Gasteiger partial charge >= 0.3 is 11.9 Å². The van der Waals surface area contributed by atoms with E-state index in [1.807, 2.05) is 36.4 Å². The zero-order valence-corrected chi connectivity index (χ0v) is 25.4. The fourth-order valence-corrected chi connectivity index (χ4v) is 11.9. The summed E-state index contributed by atoms with van der Waals surface area (Å²) in [6.07, 6.45) is 2.37. The van der Waals surface area contributed by atoms with Crippen molar-refractivity contribution in [3.8, 4) is 0 Å². The highest BCUT2D eigenvalue weighted by atomic mass is 32.2. The Morgan fingerprint density at radius 3 is 2.12 bits per heavy atom. The molecule has 5 rings (SSSR count). The molecule has 2 aliphatic rings. The lowest BCUT2D eigenvalue weighted by atomic mass is 9.88. The van der Waals surface area contributed by atoms with Crippen LogP contribution in [0.1, 0.15) is 39.4 Å². The largest absolute Gasteiger partial charge is 0.477 e. The highest BCUT2D eigenvalue weighted by molar-refractivity contribution is 8.04. The van der Waals surface area contributed by atoms with Gasteiger partial charge in [-0.15, -0.1) is 0 Å². The zero-order valence-electron chi connectivity index (χ0n) is 23.6. The van der Waals surface area contributed by atoms with Crippen molar-refractivity contribution in [2.24, 2.45) is 13.0 Å². The number of hydrogen-bond acceptors (Lipinski definition) is 7. The summed E-state index contributed by atoms with van der Waals surface area (Å²) in [6.45, 7) is 7.77. The molecule has 2 aromatic carbocycles. The molecule has 2 aliphatic heterocycles. The van der Waals surface area contributed by atoms with Crippen LogP contribution >= 0.6 is 11.8 Å². The van der Waals surface area contributed by atoms with Crippen molar-refractivity contribution >= 4 is 48.3 Å². The van der Waals surface area contributed by atoms with E-state index in [0.29, 0.717) is 10.5 Å². The predicted octanol–water partition coefficient (Wildman–Crippen LogP) is 3.43. The first-order valence-corrected chi connectivity index (χ1v) is 16.1. The van der Waals surface area contributed by atoms with Crippen molar-refractivity contribution in [1.82, 2.24) is 14.7 Å². The fourth-order valence-electron chi connectivity index (χ4n) is 5.84. The average molecular weight is 592 g/mol. The normalized spacial score (nSPS) is 19.5. The van der Waals surface area contributed by atoms with Gasteiger partial charge in [-0.2, -0.15) is 5.10 Å². The maximum absolute atomic E-state index is 13.5. The summed E-state index contributed by atoms with van der Waals surface area (Å²) >= 11 is 1.29. The van der Waals surface area contributed by atoms with E-state index >= 15 is 0 Å². The number of carbonyl (C=O) groups excluding carboxylic acids is 2. The molecular weight excluding hydrogens is 558 g/mol. The fraction of sp³-hybridized carbons (Fsp3) is 0.333. The SMILES string of the molecule is CC(=O)OC(c1cnn(C)c1)C1C(=O)N2C(C(=O)O)=C(CO[Si](c3ccccc3)(c3ccccc3)C(C)(C)C)S[C@H]12. The maximum Gasteiger partial charge on any atom is 0.353 e. The molecule has 9 nitrogen and oxygen atoms in total. The number of aryl methyl sites for hydroxylation is 1. The van der Waals surface area contributed by atoms with Gasteiger partial charge in [-0.3, -0.25) is 19.2 Å². The van der Waals surface area contributed by atoms with Gasteiger partial charge in [-0.1, -0.05) is 93.2 Å². The van der Waals surface area contributed by atoms with Crippen LogP contribution in [0, 0.1) is 5.92 Å². The van der Waals surface area contributed by atoms with Crippen molar-refractivity contribution in [1.29, 1.82) is 0 Å². The van der Waals surface area contributed by atoms with Gasteiger partial charge in [0.15, 0.2) is 0 Å². The zero-order chi connectivity index (χ0) is 29.5. The summed E-state index contributed by atoms with van der Waals surface area (Å²) in [5.74, 6) is -2.89. The molecule has 0 saturated carbocycles. The molecule has 3 aromatic rings. The number of amides is 1. The van der Waals surface area contributed by atoms with Crippen molar-refractivity contribution in [2.75, 3.05) is 6.61 Å². The third-order valence-electron chi connectivity index (χ3n) is 7.56. The maximum atomic E-state index is 13.5. The van der Waals surface area contributed by atoms with Crippen molar-refractivity contribution in [3.05, 3.63) is 89.2 Å². The van der Waals surface area contributed by atoms with Gasteiger partial charge in [-0.05, 0) is 15.4 Å². The van der Waals surface area contributed by atoms with E-state index in [9.17, 15) is 19.5 Å². The number of thioether (sulfide) groups is 1. The van der Waals surface area contributed by atoms with E-state index in [2.05, 4.69) is 50.1 Å². The first-order chi connectivity index (χ1) is 19.5. The number of aromatic nitrogens is 2. The Kier molecular flexibility index (Phi) is 7.71. The molecule has 0 aliphatic carbocycles. The number of carboxylic acid groups (broad SMARTS) is 1. The molecule has 2 unspecified atom stereocenters. The molecule has 0 radical (unpaired) electrons. The molecule has 11 heteroatoms. The Hall–Kier alpha value is -3.67. The van der Waals surface area contributed by atoms with E-state index in [0.717, 1.165) is 10.4 Å². The third kappa shape index (κ3) is 5.02. The van der Waals surface area contributed by atoms with Gasteiger partial charge in [0.1, 0.15) is 23.1 Å². The smallest absolute Gasteiger partial charge is 0.353 e. The van der Waals surface area contributed by atoms with Crippen LogP contribution in [0.5, 0.6) is 0 Å². The highest BCUT2D eigenvalue weighted by Crippen LogP contribution is 2.54. The minimum atomic E-state index is -2.96. The number of rotatable bonds is 9. The minimum Gasteiger partial charge on any atom is -0.477 e. The number of aliphatic carboxylic acids is 1. The van der Waals surface area contributed by atoms with E-state index < -0.39 is 43.6 Å². The summed E-state index contributed by atoms with van der Waals surface area (Å²) in [5.41, 5.74) is 0.502. The Bertz CT molecular complexity index is 1460. The summed E-state index contributed by atoms with van der Waals surface area (Å²) in [4.78, 5) is 39.8. The molecule has 41 heavy (non-hydrogen) atoms. The molecule has 1 saturated heterocycles. The minimum absolute atomic E-state index is 0.0255. The first-order valence-electron chi connectivity index (χ1n) is 13.3. The Morgan fingerprint density at radius 1 is 1.07 bits per heavy atom. The van der Waals surface area contributed by atoms with Crippen LogP contribution in [0.2, 0.25) is 5.04 Å². The molecular formula is C30H33N3O6SSi. The Morgan fingerprint density at radius 2 is 1.66 bits per heavy atom. The number of carboxylic acids is 1. The molecule has 3 heterocycles. The Labute approximate surface area is 244 Å². The summed E-state index contributed by atoms with van der Waals surface area (Å²) in [6, 6.07) is 20.2. The number of fused-ring (bicyclic) bond motifs is 1. The molecule has 1 amide bonds. The quantitative estimate of drug-likeness (QED) is 0.229. The number of hydrogen-bond donors (Lipinski definition) is 1. The first kappa shape index (κ1) is 28.8. The van der Waals surface area contributed by atoms with Crippen LogP contribution in [-0.2, 0) is 30.6 Å². The van der Waals surface area contributed by atoms with Gasteiger partial charge in [0.05, 0.1) is 12.8 Å². The topological polar surface area (TPSA) is 111 Å². The lowest BCUT2D eigenvalue weighted by Crippen LogP contribution is -2.66. The number of β-lactam (4-membered cyclic amide) rings is 1. The average Bonchev–Trinajstić information content (AvgIpc) is 3.50. The standard InChI is InChI=1S/C30H33N3O6SSi/c1-19(34)39-26(20-16-31-32(5)17-20)24-27(35)33-25(29(36)37)23(40-28(24)33)18-38-41(30(2,3)4,21-12-8-6-9-13-21)22-14-10-7-11-15-22/h6-17,24,26,28H,18H2,1-5H3,(H,36,37)/t24?,26?,28-/m1/s1. The molecule has 1 aromatic heterocycles. The molecule has 0 spiro atoms. The molecule has 1 N–H and O–H groups in total. The second-order valence-corrected chi connectivity index (χ2v) is 16.8. The second-order valence-electron chi connectivity index (χ2n) is 11.2. The van der Waals surface area contributed by atoms with Crippen LogP contribution in [-0.4, -0.2) is 57.9 Å². The second kappa shape index (κ2) is 11.0. The Balaban J connectivity index is 1.50. The number of benzene rings is 2. The van der Waals surface area contributed by atoms with Crippen LogP contribution < -0.4 is 10.4 Å². The van der Waals surface area contributed by atoms with E-state index in [1.165, 1.54) is 23.6 Å². The van der Waals surface area contributed by atoms with Crippen molar-refractivity contribution < 1.29 is 28.7 Å². The van der Waals surface area contributed by atoms with Gasteiger partial charge in [0.2, 0.25) is 5.91 Å². The van der Waals surface area contributed by atoms with Gasteiger partial charge < -0.3 is 14.3 Å². The van der Waals surface area contributed by atoms with Gasteiger partial charge in [0, 0.05) is 30.6 Å². The monoisotopic (exact) mass is 591 g/mol. The molecule has 0 bridgehead atoms. The van der Waals surface area contributed by atoms with Gasteiger partial charge in [0.25, 0.3) is 8.32 Å². The van der Waals surface area contributed by atoms with Crippen molar-refractivity contribution in [3.63, 3.8) is 0 Å².